The topological polar surface area (TPSA) is 74.3 Å². The number of ether oxygens (including phenoxy) is 1. The molecule has 2 aromatic heterocycles. The van der Waals surface area contributed by atoms with Gasteiger partial charge in [-0.3, -0.25) is 18.8 Å². The van der Waals surface area contributed by atoms with Crippen LogP contribution in [0.15, 0.2) is 15.9 Å². The SMILES string of the molecule is Cn1cnc2c1c(=O)n(CCCN1CCOCC1)c(=O)n2C. The van der Waals surface area contributed by atoms with E-state index in [1.165, 1.54) is 9.13 Å². The van der Waals surface area contributed by atoms with Gasteiger partial charge in [-0.15, -0.1) is 0 Å². The second kappa shape index (κ2) is 6.05. The summed E-state index contributed by atoms with van der Waals surface area (Å²) in [5, 5.41) is 0. The molecule has 0 saturated carbocycles. The summed E-state index contributed by atoms with van der Waals surface area (Å²) < 4.78 is 9.72. The Kier molecular flexibility index (Phi) is 4.12. The van der Waals surface area contributed by atoms with Crippen molar-refractivity contribution in [1.82, 2.24) is 23.6 Å². The summed E-state index contributed by atoms with van der Waals surface area (Å²) in [6.07, 6.45) is 2.32. The molecule has 0 aromatic carbocycles. The number of aryl methyl sites for hydroxylation is 2. The predicted molar refractivity (Wildman–Crippen MR) is 82.1 cm³/mol. The van der Waals surface area contributed by atoms with Gasteiger partial charge in [-0.1, -0.05) is 0 Å². The Bertz CT molecular complexity index is 782. The van der Waals surface area contributed by atoms with Crippen LogP contribution in [0.4, 0.5) is 0 Å². The number of aromatic nitrogens is 4. The van der Waals surface area contributed by atoms with E-state index < -0.39 is 0 Å². The molecule has 0 bridgehead atoms. The van der Waals surface area contributed by atoms with Crippen molar-refractivity contribution in [3.63, 3.8) is 0 Å². The summed E-state index contributed by atoms with van der Waals surface area (Å²) in [5.41, 5.74) is 0.327. The zero-order valence-corrected chi connectivity index (χ0v) is 13.0. The van der Waals surface area contributed by atoms with E-state index in [4.69, 9.17) is 4.74 Å². The van der Waals surface area contributed by atoms with Gasteiger partial charge in [-0.25, -0.2) is 9.78 Å². The molecule has 3 heterocycles. The Morgan fingerprint density at radius 1 is 1.18 bits per heavy atom. The van der Waals surface area contributed by atoms with Crippen LogP contribution in [0.2, 0.25) is 0 Å². The fourth-order valence-electron chi connectivity index (χ4n) is 2.87. The number of nitrogens with zero attached hydrogens (tertiary/aromatic N) is 5. The van der Waals surface area contributed by atoms with E-state index in [0.29, 0.717) is 17.7 Å². The van der Waals surface area contributed by atoms with E-state index in [0.717, 1.165) is 39.3 Å². The fourth-order valence-corrected chi connectivity index (χ4v) is 2.87. The summed E-state index contributed by atoms with van der Waals surface area (Å²) in [6.45, 7) is 4.61. The second-order valence-electron chi connectivity index (χ2n) is 5.63. The minimum atomic E-state index is -0.307. The molecule has 2 aromatic rings. The first-order valence-corrected chi connectivity index (χ1v) is 7.50. The van der Waals surface area contributed by atoms with Crippen molar-refractivity contribution in [2.75, 3.05) is 32.8 Å². The second-order valence-corrected chi connectivity index (χ2v) is 5.63. The highest BCUT2D eigenvalue weighted by atomic mass is 16.5. The average Bonchev–Trinajstić information content (AvgIpc) is 2.91. The molecular formula is C14H21N5O3. The molecule has 1 fully saturated rings. The fraction of sp³-hybridized carbons (Fsp3) is 0.643. The van der Waals surface area contributed by atoms with E-state index in [1.54, 1.807) is 25.0 Å². The molecule has 3 rings (SSSR count). The quantitative estimate of drug-likeness (QED) is 0.736. The summed E-state index contributed by atoms with van der Waals surface area (Å²) in [6, 6.07) is 0. The summed E-state index contributed by atoms with van der Waals surface area (Å²) in [4.78, 5) is 31.3. The van der Waals surface area contributed by atoms with Crippen LogP contribution in [-0.2, 0) is 25.4 Å². The first-order chi connectivity index (χ1) is 10.6. The van der Waals surface area contributed by atoms with Crippen LogP contribution in [-0.4, -0.2) is 56.4 Å². The molecule has 0 radical (unpaired) electrons. The smallest absolute Gasteiger partial charge is 0.332 e. The molecule has 8 nitrogen and oxygen atoms in total. The Hall–Kier alpha value is -1.93. The van der Waals surface area contributed by atoms with Crippen LogP contribution in [0.5, 0.6) is 0 Å². The van der Waals surface area contributed by atoms with Gasteiger partial charge in [0.05, 0.1) is 19.5 Å². The van der Waals surface area contributed by atoms with Crippen LogP contribution in [0.25, 0.3) is 11.2 Å². The highest BCUT2D eigenvalue weighted by Crippen LogP contribution is 2.03. The highest BCUT2D eigenvalue weighted by Gasteiger charge is 2.15. The largest absolute Gasteiger partial charge is 0.379 e. The van der Waals surface area contributed by atoms with Crippen molar-refractivity contribution in [2.45, 2.75) is 13.0 Å². The van der Waals surface area contributed by atoms with E-state index in [9.17, 15) is 9.59 Å². The Morgan fingerprint density at radius 3 is 2.64 bits per heavy atom. The van der Waals surface area contributed by atoms with Gasteiger partial charge >= 0.3 is 5.69 Å². The maximum atomic E-state index is 12.5. The van der Waals surface area contributed by atoms with Gasteiger partial charge in [0.25, 0.3) is 5.56 Å². The average molecular weight is 307 g/mol. The molecule has 8 heteroatoms. The molecule has 120 valence electrons. The number of rotatable bonds is 4. The number of morpholine rings is 1. The van der Waals surface area contributed by atoms with Crippen LogP contribution in [0.1, 0.15) is 6.42 Å². The lowest BCUT2D eigenvalue weighted by molar-refractivity contribution is 0.0368. The number of hydrogen-bond acceptors (Lipinski definition) is 5. The van der Waals surface area contributed by atoms with Gasteiger partial charge < -0.3 is 9.30 Å². The lowest BCUT2D eigenvalue weighted by Gasteiger charge is -2.26. The van der Waals surface area contributed by atoms with Crippen LogP contribution in [0.3, 0.4) is 0 Å². The molecule has 0 aliphatic carbocycles. The summed E-state index contributed by atoms with van der Waals surface area (Å²) >= 11 is 0. The van der Waals surface area contributed by atoms with E-state index in [1.807, 2.05) is 0 Å². The van der Waals surface area contributed by atoms with E-state index >= 15 is 0 Å². The molecule has 0 unspecified atom stereocenters. The Morgan fingerprint density at radius 2 is 1.91 bits per heavy atom. The Balaban J connectivity index is 1.82. The zero-order valence-electron chi connectivity index (χ0n) is 13.0. The minimum Gasteiger partial charge on any atom is -0.379 e. The van der Waals surface area contributed by atoms with Gasteiger partial charge in [0.15, 0.2) is 11.2 Å². The standard InChI is InChI=1S/C14H21N5O3/c1-16-10-15-12-11(16)13(20)19(14(21)17(12)2)5-3-4-18-6-8-22-9-7-18/h10H,3-9H2,1-2H3. The van der Waals surface area contributed by atoms with Crippen LogP contribution < -0.4 is 11.2 Å². The van der Waals surface area contributed by atoms with Crippen molar-refractivity contribution >= 4 is 11.2 Å². The van der Waals surface area contributed by atoms with Crippen molar-refractivity contribution in [2.24, 2.45) is 14.1 Å². The monoisotopic (exact) mass is 307 g/mol. The zero-order chi connectivity index (χ0) is 15.7. The summed E-state index contributed by atoms with van der Waals surface area (Å²) in [5.74, 6) is 0. The lowest BCUT2D eigenvalue weighted by Crippen LogP contribution is -2.41. The summed E-state index contributed by atoms with van der Waals surface area (Å²) in [7, 11) is 3.41. The van der Waals surface area contributed by atoms with Crippen molar-refractivity contribution < 1.29 is 4.74 Å². The first kappa shape index (κ1) is 15.0. The highest BCUT2D eigenvalue weighted by molar-refractivity contribution is 5.69. The number of hydrogen-bond donors (Lipinski definition) is 0. The predicted octanol–water partition coefficient (Wildman–Crippen LogP) is -0.844. The number of fused-ring (bicyclic) bond motifs is 1. The van der Waals surface area contributed by atoms with Gasteiger partial charge in [-0.2, -0.15) is 0 Å². The van der Waals surface area contributed by atoms with E-state index in [-0.39, 0.29) is 11.2 Å². The molecule has 22 heavy (non-hydrogen) atoms. The molecular weight excluding hydrogens is 286 g/mol. The van der Waals surface area contributed by atoms with Gasteiger partial charge in [0.2, 0.25) is 0 Å². The minimum absolute atomic E-state index is 0.264. The molecule has 0 N–H and O–H groups in total. The maximum absolute atomic E-state index is 12.5. The van der Waals surface area contributed by atoms with Gasteiger partial charge in [0, 0.05) is 40.3 Å². The van der Waals surface area contributed by atoms with Crippen molar-refractivity contribution in [3.05, 3.63) is 27.2 Å². The van der Waals surface area contributed by atoms with Crippen LogP contribution in [0, 0.1) is 0 Å². The third-order valence-electron chi connectivity index (χ3n) is 4.16. The molecule has 0 spiro atoms. The lowest BCUT2D eigenvalue weighted by atomic mass is 10.3. The van der Waals surface area contributed by atoms with Crippen molar-refractivity contribution in [1.29, 1.82) is 0 Å². The third kappa shape index (κ3) is 2.59. The molecule has 0 atom stereocenters. The molecule has 1 saturated heterocycles. The molecule has 1 aliphatic rings. The van der Waals surface area contributed by atoms with E-state index in [2.05, 4.69) is 9.88 Å². The van der Waals surface area contributed by atoms with Gasteiger partial charge in [0.1, 0.15) is 0 Å². The number of imidazole rings is 1. The normalized spacial score (nSPS) is 16.5. The molecule has 0 amide bonds. The maximum Gasteiger partial charge on any atom is 0.332 e. The third-order valence-corrected chi connectivity index (χ3v) is 4.16. The van der Waals surface area contributed by atoms with Gasteiger partial charge in [-0.05, 0) is 6.42 Å². The first-order valence-electron chi connectivity index (χ1n) is 7.50. The Labute approximate surface area is 127 Å². The van der Waals surface area contributed by atoms with Crippen LogP contribution >= 0.6 is 0 Å². The molecule has 1 aliphatic heterocycles. The van der Waals surface area contributed by atoms with Crippen molar-refractivity contribution in [3.8, 4) is 0 Å².